The van der Waals surface area contributed by atoms with Crippen molar-refractivity contribution in [3.8, 4) is 5.75 Å². The van der Waals surface area contributed by atoms with Crippen molar-refractivity contribution in [3.63, 3.8) is 0 Å². The van der Waals surface area contributed by atoms with Gasteiger partial charge in [-0.05, 0) is 25.0 Å². The van der Waals surface area contributed by atoms with E-state index in [0.29, 0.717) is 32.1 Å². The SMILES string of the molecule is O=C(Nc1ncn[nH]1)C1CCCN(C(=O)CCOc2ccccc2)C1. The number of H-pyrrole nitrogens is 1. The lowest BCUT2D eigenvalue weighted by Gasteiger charge is -2.32. The maximum Gasteiger partial charge on any atom is 0.231 e. The van der Waals surface area contributed by atoms with Crippen LogP contribution in [-0.2, 0) is 9.59 Å². The highest BCUT2D eigenvalue weighted by molar-refractivity contribution is 5.91. The van der Waals surface area contributed by atoms with Gasteiger partial charge in [-0.3, -0.25) is 14.9 Å². The van der Waals surface area contributed by atoms with E-state index in [-0.39, 0.29) is 17.7 Å². The number of piperidine rings is 1. The monoisotopic (exact) mass is 343 g/mol. The van der Waals surface area contributed by atoms with Gasteiger partial charge in [0.15, 0.2) is 0 Å². The van der Waals surface area contributed by atoms with Crippen molar-refractivity contribution in [1.29, 1.82) is 0 Å². The third-order valence-corrected chi connectivity index (χ3v) is 4.13. The Morgan fingerprint density at radius 1 is 1.32 bits per heavy atom. The van der Waals surface area contributed by atoms with Gasteiger partial charge in [0.1, 0.15) is 12.1 Å². The van der Waals surface area contributed by atoms with Crippen molar-refractivity contribution in [3.05, 3.63) is 36.7 Å². The molecule has 1 atom stereocenters. The zero-order valence-electron chi connectivity index (χ0n) is 13.9. The Morgan fingerprint density at radius 3 is 2.92 bits per heavy atom. The van der Waals surface area contributed by atoms with Crippen LogP contribution in [0, 0.1) is 5.92 Å². The van der Waals surface area contributed by atoms with Crippen LogP contribution in [0.5, 0.6) is 5.75 Å². The molecule has 0 aliphatic carbocycles. The Kier molecular flexibility index (Phi) is 5.61. The quantitative estimate of drug-likeness (QED) is 0.827. The summed E-state index contributed by atoms with van der Waals surface area (Å²) in [6.07, 6.45) is 3.19. The molecule has 2 aromatic rings. The van der Waals surface area contributed by atoms with Crippen LogP contribution in [0.4, 0.5) is 5.95 Å². The number of aromatic nitrogens is 3. The summed E-state index contributed by atoms with van der Waals surface area (Å²) in [6, 6.07) is 9.40. The number of para-hydroxylation sites is 1. The van der Waals surface area contributed by atoms with Crippen molar-refractivity contribution in [1.82, 2.24) is 20.1 Å². The first-order valence-electron chi connectivity index (χ1n) is 8.34. The van der Waals surface area contributed by atoms with Crippen LogP contribution in [0.15, 0.2) is 36.7 Å². The molecule has 0 saturated carbocycles. The minimum absolute atomic E-state index is 0.00750. The van der Waals surface area contributed by atoms with E-state index in [9.17, 15) is 9.59 Å². The number of likely N-dealkylation sites (tertiary alicyclic amines) is 1. The summed E-state index contributed by atoms with van der Waals surface area (Å²) in [5, 5.41) is 8.97. The molecule has 1 saturated heterocycles. The molecule has 1 fully saturated rings. The minimum Gasteiger partial charge on any atom is -0.493 e. The molecule has 0 spiro atoms. The van der Waals surface area contributed by atoms with Gasteiger partial charge in [-0.15, -0.1) is 0 Å². The molecule has 2 N–H and O–H groups in total. The molecule has 8 nitrogen and oxygen atoms in total. The van der Waals surface area contributed by atoms with Gasteiger partial charge in [0.05, 0.1) is 18.9 Å². The fraction of sp³-hybridized carbons (Fsp3) is 0.412. The Labute approximate surface area is 145 Å². The molecule has 1 aliphatic heterocycles. The average Bonchev–Trinajstić information content (AvgIpc) is 3.15. The molecule has 25 heavy (non-hydrogen) atoms. The number of nitrogens with zero attached hydrogens (tertiary/aromatic N) is 3. The van der Waals surface area contributed by atoms with Gasteiger partial charge in [0.25, 0.3) is 0 Å². The summed E-state index contributed by atoms with van der Waals surface area (Å²) >= 11 is 0. The maximum absolute atomic E-state index is 12.4. The van der Waals surface area contributed by atoms with Crippen LogP contribution >= 0.6 is 0 Å². The molecule has 3 rings (SSSR count). The van der Waals surface area contributed by atoms with Crippen LogP contribution in [0.1, 0.15) is 19.3 Å². The number of nitrogens with one attached hydrogen (secondary N) is 2. The van der Waals surface area contributed by atoms with E-state index in [1.54, 1.807) is 4.90 Å². The summed E-state index contributed by atoms with van der Waals surface area (Å²) in [5.41, 5.74) is 0. The van der Waals surface area contributed by atoms with Crippen LogP contribution in [-0.4, -0.2) is 51.6 Å². The lowest BCUT2D eigenvalue weighted by atomic mass is 9.97. The molecule has 2 heterocycles. The van der Waals surface area contributed by atoms with Crippen molar-refractivity contribution in [2.24, 2.45) is 5.92 Å². The summed E-state index contributed by atoms with van der Waals surface area (Å²) < 4.78 is 5.57. The normalized spacial score (nSPS) is 17.1. The van der Waals surface area contributed by atoms with Crippen LogP contribution < -0.4 is 10.1 Å². The second-order valence-corrected chi connectivity index (χ2v) is 5.91. The minimum atomic E-state index is -0.238. The molecule has 0 radical (unpaired) electrons. The number of hydrogen-bond donors (Lipinski definition) is 2. The Hall–Kier alpha value is -2.90. The fourth-order valence-corrected chi connectivity index (χ4v) is 2.83. The lowest BCUT2D eigenvalue weighted by Crippen LogP contribution is -2.44. The van der Waals surface area contributed by atoms with E-state index in [4.69, 9.17) is 4.74 Å². The number of benzene rings is 1. The second-order valence-electron chi connectivity index (χ2n) is 5.91. The number of rotatable bonds is 6. The van der Waals surface area contributed by atoms with Crippen LogP contribution in [0.3, 0.4) is 0 Å². The van der Waals surface area contributed by atoms with Gasteiger partial charge in [-0.1, -0.05) is 18.2 Å². The summed E-state index contributed by atoms with van der Waals surface area (Å²) in [6.45, 7) is 1.43. The highest BCUT2D eigenvalue weighted by Crippen LogP contribution is 2.19. The van der Waals surface area contributed by atoms with Crippen molar-refractivity contribution in [2.75, 3.05) is 25.0 Å². The maximum atomic E-state index is 12.4. The van der Waals surface area contributed by atoms with E-state index in [1.807, 2.05) is 30.3 Å². The topological polar surface area (TPSA) is 100 Å². The first-order chi connectivity index (χ1) is 12.2. The first-order valence-corrected chi connectivity index (χ1v) is 8.34. The molecule has 1 aliphatic rings. The van der Waals surface area contributed by atoms with Gasteiger partial charge in [-0.25, -0.2) is 5.10 Å². The van der Waals surface area contributed by atoms with E-state index < -0.39 is 0 Å². The van der Waals surface area contributed by atoms with Gasteiger partial charge in [-0.2, -0.15) is 10.1 Å². The third kappa shape index (κ3) is 4.79. The van der Waals surface area contributed by atoms with Crippen molar-refractivity contribution in [2.45, 2.75) is 19.3 Å². The molecular weight excluding hydrogens is 322 g/mol. The standard InChI is InChI=1S/C17H21N5O3/c23-15(8-10-25-14-6-2-1-3-7-14)22-9-4-5-13(11-22)16(24)20-17-18-12-19-21-17/h1-3,6-7,12-13H,4-5,8-11H2,(H2,18,19,20,21,24). The van der Waals surface area contributed by atoms with Crippen molar-refractivity contribution >= 4 is 17.8 Å². The van der Waals surface area contributed by atoms with Gasteiger partial charge >= 0.3 is 0 Å². The number of carbonyl (C=O) groups is 2. The molecule has 1 unspecified atom stereocenters. The largest absolute Gasteiger partial charge is 0.493 e. The molecule has 2 amide bonds. The summed E-state index contributed by atoms with van der Waals surface area (Å²) in [4.78, 5) is 30.2. The predicted octanol–water partition coefficient (Wildman–Crippen LogP) is 1.45. The van der Waals surface area contributed by atoms with Crippen LogP contribution in [0.25, 0.3) is 0 Å². The van der Waals surface area contributed by atoms with Gasteiger partial charge < -0.3 is 9.64 Å². The van der Waals surface area contributed by atoms with Gasteiger partial charge in [0.2, 0.25) is 17.8 Å². The smallest absolute Gasteiger partial charge is 0.231 e. The molecular formula is C17H21N5O3. The third-order valence-electron chi connectivity index (χ3n) is 4.13. The predicted molar refractivity (Wildman–Crippen MR) is 90.9 cm³/mol. The second kappa shape index (κ2) is 8.27. The number of ether oxygens (including phenoxy) is 1. The van der Waals surface area contributed by atoms with Gasteiger partial charge in [0, 0.05) is 13.1 Å². The van der Waals surface area contributed by atoms with E-state index >= 15 is 0 Å². The summed E-state index contributed by atoms with van der Waals surface area (Å²) in [7, 11) is 0. The van der Waals surface area contributed by atoms with Crippen molar-refractivity contribution < 1.29 is 14.3 Å². The number of hydrogen-bond acceptors (Lipinski definition) is 5. The Morgan fingerprint density at radius 2 is 2.16 bits per heavy atom. The number of carbonyl (C=O) groups excluding carboxylic acids is 2. The molecule has 1 aromatic carbocycles. The molecule has 1 aromatic heterocycles. The van der Waals surface area contributed by atoms with E-state index in [2.05, 4.69) is 20.5 Å². The Balaban J connectivity index is 1.45. The van der Waals surface area contributed by atoms with E-state index in [0.717, 1.165) is 18.6 Å². The van der Waals surface area contributed by atoms with E-state index in [1.165, 1.54) is 6.33 Å². The lowest BCUT2D eigenvalue weighted by molar-refractivity contribution is -0.135. The Bertz CT molecular complexity index is 690. The fourth-order valence-electron chi connectivity index (χ4n) is 2.83. The van der Waals surface area contributed by atoms with Crippen LogP contribution in [0.2, 0.25) is 0 Å². The zero-order chi connectivity index (χ0) is 17.5. The first kappa shape index (κ1) is 16.9. The summed E-state index contributed by atoms with van der Waals surface area (Å²) in [5.74, 6) is 0.698. The number of amides is 2. The highest BCUT2D eigenvalue weighted by atomic mass is 16.5. The molecule has 8 heteroatoms. The zero-order valence-corrected chi connectivity index (χ0v) is 13.9. The molecule has 0 bridgehead atoms. The highest BCUT2D eigenvalue weighted by Gasteiger charge is 2.28. The average molecular weight is 343 g/mol. The number of aromatic amines is 1. The molecule has 132 valence electrons. The number of anilines is 1.